The lowest BCUT2D eigenvalue weighted by atomic mass is 9.85. The third-order valence-corrected chi connectivity index (χ3v) is 12.1. The number of nitrogens with zero attached hydrogens (tertiary/aromatic N) is 3. The summed E-state index contributed by atoms with van der Waals surface area (Å²) in [5.41, 5.74) is 6.72. The smallest absolute Gasteiger partial charge is 0.337 e. The summed E-state index contributed by atoms with van der Waals surface area (Å²) >= 11 is 1.58. The van der Waals surface area contributed by atoms with E-state index in [1.165, 1.54) is 12.0 Å². The highest BCUT2D eigenvalue weighted by Gasteiger charge is 2.44. The van der Waals surface area contributed by atoms with E-state index in [1.807, 2.05) is 113 Å². The number of carbonyl (C=O) groups excluding carboxylic acids is 4. The van der Waals surface area contributed by atoms with Crippen LogP contribution in [0, 0.1) is 12.3 Å². The van der Waals surface area contributed by atoms with Crippen molar-refractivity contribution in [2.75, 3.05) is 20.3 Å². The van der Waals surface area contributed by atoms with Crippen LogP contribution >= 0.6 is 11.3 Å². The van der Waals surface area contributed by atoms with Crippen molar-refractivity contribution in [3.05, 3.63) is 107 Å². The van der Waals surface area contributed by atoms with E-state index in [0.29, 0.717) is 25.1 Å². The first-order valence-corrected chi connectivity index (χ1v) is 21.6. The number of thiazole rings is 1. The Hall–Kier alpha value is -5.53. The zero-order valence-electron chi connectivity index (χ0n) is 35.4. The molecule has 0 bridgehead atoms. The molecule has 1 aliphatic rings. The van der Waals surface area contributed by atoms with Crippen LogP contribution in [0.2, 0.25) is 0 Å². The van der Waals surface area contributed by atoms with E-state index in [0.717, 1.165) is 63.2 Å². The molecule has 3 aromatic carbocycles. The van der Waals surface area contributed by atoms with Gasteiger partial charge in [0.15, 0.2) is 0 Å². The lowest BCUT2D eigenvalue weighted by Gasteiger charge is -2.35. The molecule has 0 saturated carbocycles. The third-order valence-electron chi connectivity index (χ3n) is 11.1. The number of β-amino-alcohol motifs (C(OH)–C–C–N with tert-alkyl or cyclic N) is 1. The molecule has 4 atom stereocenters. The summed E-state index contributed by atoms with van der Waals surface area (Å²) in [4.78, 5) is 59.7. The van der Waals surface area contributed by atoms with Gasteiger partial charge in [-0.3, -0.25) is 14.4 Å². The normalized spacial score (nSPS) is 16.4. The number of fused-ring (bicyclic) bond motifs is 1. The van der Waals surface area contributed by atoms with Crippen molar-refractivity contribution in [1.82, 2.24) is 25.1 Å². The van der Waals surface area contributed by atoms with Crippen molar-refractivity contribution in [3.63, 3.8) is 0 Å². The van der Waals surface area contributed by atoms with Crippen molar-refractivity contribution >= 4 is 45.9 Å². The predicted octanol–water partition coefficient (Wildman–Crippen LogP) is 7.61. The van der Waals surface area contributed by atoms with Crippen molar-refractivity contribution < 1.29 is 33.8 Å². The minimum absolute atomic E-state index is 0.0224. The largest absolute Gasteiger partial charge is 0.494 e. The second-order valence-corrected chi connectivity index (χ2v) is 17.6. The maximum absolute atomic E-state index is 14.1. The lowest BCUT2D eigenvalue weighted by molar-refractivity contribution is -0.144. The molecule has 1 aliphatic heterocycles. The average Bonchev–Trinajstić information content (AvgIpc) is 3.97. The highest BCUT2D eigenvalue weighted by molar-refractivity contribution is 7.13. The number of likely N-dealkylation sites (tertiary alicyclic amines) is 1. The number of aliphatic hydroxyl groups excluding tert-OH is 1. The third kappa shape index (κ3) is 11.0. The fourth-order valence-corrected chi connectivity index (χ4v) is 8.45. The molecule has 3 heterocycles. The molecule has 318 valence electrons. The first-order valence-electron chi connectivity index (χ1n) is 20.7. The molecular formula is C47H57N5O7S. The number of hydrogen-bond acceptors (Lipinski definition) is 9. The number of aryl methyl sites for hydroxylation is 1. The molecule has 2 aromatic heterocycles. The Balaban J connectivity index is 0.922. The zero-order chi connectivity index (χ0) is 43.0. The van der Waals surface area contributed by atoms with E-state index < -0.39 is 23.6 Å². The van der Waals surface area contributed by atoms with E-state index in [-0.39, 0.29) is 49.1 Å². The Bertz CT molecular complexity index is 2260. The summed E-state index contributed by atoms with van der Waals surface area (Å²) in [6, 6.07) is 21.5. The fraction of sp³-hybridized carbons (Fsp3) is 0.426. The van der Waals surface area contributed by atoms with E-state index in [1.54, 1.807) is 17.4 Å². The summed E-state index contributed by atoms with van der Waals surface area (Å²) in [6.45, 7) is 10.8. The molecular weight excluding hydrogens is 779 g/mol. The summed E-state index contributed by atoms with van der Waals surface area (Å²) in [7, 11) is 1.38. The monoisotopic (exact) mass is 835 g/mol. The molecule has 6 rings (SSSR count). The number of methoxy groups -OCH3 is 1. The fourth-order valence-electron chi connectivity index (χ4n) is 7.63. The Labute approximate surface area is 356 Å². The van der Waals surface area contributed by atoms with Gasteiger partial charge in [-0.25, -0.2) is 9.78 Å². The van der Waals surface area contributed by atoms with Gasteiger partial charge in [0.25, 0.3) is 0 Å². The van der Waals surface area contributed by atoms with Gasteiger partial charge in [0.1, 0.15) is 17.8 Å². The minimum atomic E-state index is -0.868. The zero-order valence-corrected chi connectivity index (χ0v) is 36.2. The second kappa shape index (κ2) is 19.7. The Morgan fingerprint density at radius 2 is 1.68 bits per heavy atom. The molecule has 5 aromatic rings. The molecule has 0 unspecified atom stereocenters. The lowest BCUT2D eigenvalue weighted by Crippen LogP contribution is -2.57. The van der Waals surface area contributed by atoms with Gasteiger partial charge >= 0.3 is 5.97 Å². The summed E-state index contributed by atoms with van der Waals surface area (Å²) in [6.07, 6.45) is 4.78. The van der Waals surface area contributed by atoms with Crippen LogP contribution in [0.25, 0.3) is 21.3 Å². The van der Waals surface area contributed by atoms with Crippen LogP contribution in [0.4, 0.5) is 0 Å². The molecule has 0 aliphatic carbocycles. The van der Waals surface area contributed by atoms with Gasteiger partial charge in [0, 0.05) is 37.6 Å². The van der Waals surface area contributed by atoms with E-state index in [9.17, 15) is 24.3 Å². The first kappa shape index (κ1) is 44.0. The molecule has 60 heavy (non-hydrogen) atoms. The number of aromatic nitrogens is 2. The summed E-state index contributed by atoms with van der Waals surface area (Å²) in [5.74, 6) is -0.506. The number of ether oxygens (including phenoxy) is 2. The number of hydrogen-bond donors (Lipinski definition) is 3. The molecule has 0 radical (unpaired) electrons. The van der Waals surface area contributed by atoms with Crippen LogP contribution < -0.4 is 15.4 Å². The second-order valence-electron chi connectivity index (χ2n) is 16.7. The summed E-state index contributed by atoms with van der Waals surface area (Å²) < 4.78 is 13.0. The van der Waals surface area contributed by atoms with Crippen molar-refractivity contribution in [2.45, 2.75) is 104 Å². The van der Waals surface area contributed by atoms with Crippen LogP contribution in [0.15, 0.2) is 84.5 Å². The standard InChI is InChI=1S/C47H57N5O7S/c1-30(33-14-17-35(18-15-33)42-31(2)48-29-60-42)49-44(55)40-26-37(53)28-52(40)45(56)43(47(3,4)5)50-41(54)11-9-7-8-10-24-59-38-20-12-32(13-21-38)27-51-23-22-34-16-19-36(25-39(34)51)46(57)58-6/h12-23,25,29-30,37,40,43,53H,7-11,24,26-28H2,1-6H3,(H,49,55)(H,50,54)/t30-,37+,40-,43+/m0/s1. The van der Waals surface area contributed by atoms with Gasteiger partial charge < -0.3 is 34.7 Å². The summed E-state index contributed by atoms with van der Waals surface area (Å²) in [5, 5.41) is 17.7. The highest BCUT2D eigenvalue weighted by atomic mass is 32.1. The van der Waals surface area contributed by atoms with Crippen molar-refractivity contribution in [3.8, 4) is 16.2 Å². The number of unbranched alkanes of at least 4 members (excludes halogenated alkanes) is 3. The highest BCUT2D eigenvalue weighted by Crippen LogP contribution is 2.30. The maximum atomic E-state index is 14.1. The number of esters is 1. The van der Waals surface area contributed by atoms with Gasteiger partial charge in [-0.1, -0.05) is 76.1 Å². The topological polar surface area (TPSA) is 152 Å². The van der Waals surface area contributed by atoms with Gasteiger partial charge in [0.2, 0.25) is 17.7 Å². The Morgan fingerprint density at radius 3 is 2.37 bits per heavy atom. The molecule has 1 fully saturated rings. The van der Waals surface area contributed by atoms with Crippen molar-refractivity contribution in [1.29, 1.82) is 0 Å². The molecule has 12 nitrogen and oxygen atoms in total. The quantitative estimate of drug-likeness (QED) is 0.0640. The number of rotatable bonds is 17. The van der Waals surface area contributed by atoms with Gasteiger partial charge in [-0.05, 0) is 84.5 Å². The number of nitrogens with one attached hydrogen (secondary N) is 2. The molecule has 1 saturated heterocycles. The van der Waals surface area contributed by atoms with Crippen LogP contribution in [-0.4, -0.2) is 81.7 Å². The van der Waals surface area contributed by atoms with E-state index >= 15 is 0 Å². The van der Waals surface area contributed by atoms with Crippen LogP contribution in [0.1, 0.15) is 99.4 Å². The first-order chi connectivity index (χ1) is 28.7. The Morgan fingerprint density at radius 1 is 0.950 bits per heavy atom. The van der Waals surface area contributed by atoms with Crippen LogP contribution in [0.3, 0.4) is 0 Å². The number of carbonyl (C=O) groups is 4. The minimum Gasteiger partial charge on any atom is -0.494 e. The SMILES string of the molecule is COC(=O)c1ccc2ccn(Cc3ccc(OCCCCCCC(=O)N[C@H](C(=O)N4C[C@H](O)C[C@H]4C(=O)N[C@@H](C)c4ccc(-c5scnc5C)cc4)C(C)(C)C)cc3)c2c1. The number of benzene rings is 3. The maximum Gasteiger partial charge on any atom is 0.337 e. The molecule has 0 spiro atoms. The molecule has 3 N–H and O–H groups in total. The van der Waals surface area contributed by atoms with Crippen LogP contribution in [0.5, 0.6) is 5.75 Å². The Kier molecular flexibility index (Phi) is 14.4. The number of amides is 3. The van der Waals surface area contributed by atoms with Gasteiger partial charge in [-0.15, -0.1) is 11.3 Å². The van der Waals surface area contributed by atoms with Gasteiger partial charge in [-0.2, -0.15) is 0 Å². The molecule has 3 amide bonds. The van der Waals surface area contributed by atoms with E-state index in [4.69, 9.17) is 9.47 Å². The van der Waals surface area contributed by atoms with Crippen LogP contribution in [-0.2, 0) is 25.7 Å². The van der Waals surface area contributed by atoms with Crippen molar-refractivity contribution in [2.24, 2.45) is 5.41 Å². The number of aliphatic hydroxyl groups is 1. The van der Waals surface area contributed by atoms with E-state index in [2.05, 4.69) is 20.2 Å². The average molecular weight is 836 g/mol. The van der Waals surface area contributed by atoms with Gasteiger partial charge in [0.05, 0.1) is 47.5 Å². The molecule has 13 heteroatoms. The predicted molar refractivity (Wildman–Crippen MR) is 234 cm³/mol.